The number of benzene rings is 1. The van der Waals surface area contributed by atoms with Crippen molar-refractivity contribution >= 4 is 24.0 Å². The topological polar surface area (TPSA) is 27.7 Å². The van der Waals surface area contributed by atoms with Gasteiger partial charge in [-0.25, -0.2) is 0 Å². The van der Waals surface area contributed by atoms with E-state index >= 15 is 0 Å². The van der Waals surface area contributed by atoms with Crippen molar-refractivity contribution in [3.8, 4) is 5.75 Å². The smallest absolute Gasteiger partial charge is 0.137 e. The zero-order valence-corrected chi connectivity index (χ0v) is 14.6. The maximum absolute atomic E-state index is 6.20. The second kappa shape index (κ2) is 8.37. The predicted octanol–water partition coefficient (Wildman–Crippen LogP) is 2.25. The molecule has 1 unspecified atom stereocenters. The number of methoxy groups -OCH3 is 1. The lowest BCUT2D eigenvalue weighted by Crippen LogP contribution is -2.50. The van der Waals surface area contributed by atoms with Crippen LogP contribution in [0.3, 0.4) is 0 Å². The lowest BCUT2D eigenvalue weighted by Gasteiger charge is -2.37. The van der Waals surface area contributed by atoms with E-state index in [2.05, 4.69) is 21.2 Å². The first-order valence-electron chi connectivity index (χ1n) is 7.76. The molecule has 6 heteroatoms. The van der Waals surface area contributed by atoms with Crippen LogP contribution < -0.4 is 10.1 Å². The van der Waals surface area contributed by atoms with Gasteiger partial charge in [-0.2, -0.15) is 0 Å². The molecule has 2 aliphatic heterocycles. The summed E-state index contributed by atoms with van der Waals surface area (Å²) in [5.74, 6) is 0.749. The molecular formula is C16H25Cl2N3O. The molecule has 1 atom stereocenters. The molecule has 2 heterocycles. The highest BCUT2D eigenvalue weighted by Gasteiger charge is 2.25. The fraction of sp³-hybridized carbons (Fsp3) is 0.625. The summed E-state index contributed by atoms with van der Waals surface area (Å²) in [6.07, 6.45) is 1.30. The van der Waals surface area contributed by atoms with E-state index in [1.807, 2.05) is 12.1 Å². The molecule has 3 rings (SSSR count). The third-order valence-corrected chi connectivity index (χ3v) is 4.88. The van der Waals surface area contributed by atoms with Crippen LogP contribution in [0.15, 0.2) is 18.2 Å². The zero-order chi connectivity index (χ0) is 14.7. The van der Waals surface area contributed by atoms with Gasteiger partial charge < -0.3 is 10.1 Å². The van der Waals surface area contributed by atoms with Crippen LogP contribution in [0.1, 0.15) is 12.0 Å². The summed E-state index contributed by atoms with van der Waals surface area (Å²) in [5.41, 5.74) is 1.26. The predicted molar refractivity (Wildman–Crippen MR) is 93.4 cm³/mol. The lowest BCUT2D eigenvalue weighted by atomic mass is 10.1. The lowest BCUT2D eigenvalue weighted by molar-refractivity contribution is 0.0981. The summed E-state index contributed by atoms with van der Waals surface area (Å²) in [5, 5.41) is 4.16. The average Bonchev–Trinajstić information content (AvgIpc) is 3.02. The molecular weight excluding hydrogens is 321 g/mol. The molecule has 0 radical (unpaired) electrons. The van der Waals surface area contributed by atoms with Crippen LogP contribution in [0.4, 0.5) is 0 Å². The Kier molecular flexibility index (Phi) is 6.78. The Bertz CT molecular complexity index is 472. The molecule has 4 nitrogen and oxygen atoms in total. The van der Waals surface area contributed by atoms with Crippen LogP contribution in [-0.2, 0) is 6.54 Å². The minimum atomic E-state index is 0. The van der Waals surface area contributed by atoms with Crippen LogP contribution in [-0.4, -0.2) is 62.2 Å². The van der Waals surface area contributed by atoms with E-state index in [4.69, 9.17) is 16.3 Å². The summed E-state index contributed by atoms with van der Waals surface area (Å²) < 4.78 is 5.20. The van der Waals surface area contributed by atoms with E-state index in [1.165, 1.54) is 31.6 Å². The molecule has 22 heavy (non-hydrogen) atoms. The fourth-order valence-electron chi connectivity index (χ4n) is 3.30. The van der Waals surface area contributed by atoms with Crippen LogP contribution in [0.2, 0.25) is 5.02 Å². The Morgan fingerprint density at radius 2 is 2.05 bits per heavy atom. The van der Waals surface area contributed by atoms with Gasteiger partial charge in [-0.1, -0.05) is 17.7 Å². The summed E-state index contributed by atoms with van der Waals surface area (Å²) in [6, 6.07) is 6.84. The molecule has 1 N–H and O–H groups in total. The minimum Gasteiger partial charge on any atom is -0.495 e. The second-order valence-corrected chi connectivity index (χ2v) is 6.33. The van der Waals surface area contributed by atoms with Crippen LogP contribution in [0.5, 0.6) is 5.75 Å². The number of hydrogen-bond donors (Lipinski definition) is 1. The molecule has 0 aliphatic carbocycles. The quantitative estimate of drug-likeness (QED) is 0.905. The number of rotatable bonds is 4. The van der Waals surface area contributed by atoms with Gasteiger partial charge in [0.15, 0.2) is 0 Å². The van der Waals surface area contributed by atoms with Crippen molar-refractivity contribution in [3.05, 3.63) is 28.8 Å². The Balaban J connectivity index is 0.00000176. The van der Waals surface area contributed by atoms with E-state index in [9.17, 15) is 0 Å². The van der Waals surface area contributed by atoms with Crippen molar-refractivity contribution in [1.29, 1.82) is 0 Å². The van der Waals surface area contributed by atoms with Gasteiger partial charge in [0.2, 0.25) is 0 Å². The number of nitrogens with zero attached hydrogens (tertiary/aromatic N) is 2. The maximum atomic E-state index is 6.20. The van der Waals surface area contributed by atoms with Crippen LogP contribution in [0.25, 0.3) is 0 Å². The molecule has 0 spiro atoms. The van der Waals surface area contributed by atoms with Gasteiger partial charge in [-0.3, -0.25) is 9.80 Å². The third kappa shape index (κ3) is 4.27. The summed E-state index contributed by atoms with van der Waals surface area (Å²) >= 11 is 6.20. The van der Waals surface area contributed by atoms with Gasteiger partial charge in [-0.15, -0.1) is 12.4 Å². The van der Waals surface area contributed by atoms with E-state index in [0.717, 1.165) is 38.0 Å². The van der Waals surface area contributed by atoms with Gasteiger partial charge in [0.05, 0.1) is 12.1 Å². The van der Waals surface area contributed by atoms with E-state index in [0.29, 0.717) is 5.02 Å². The third-order valence-electron chi connectivity index (χ3n) is 4.58. The maximum Gasteiger partial charge on any atom is 0.137 e. The number of halogens is 2. The highest BCUT2D eigenvalue weighted by molar-refractivity contribution is 6.32. The molecule has 124 valence electrons. The number of ether oxygens (including phenoxy) is 1. The summed E-state index contributed by atoms with van der Waals surface area (Å²) in [4.78, 5) is 5.15. The summed E-state index contributed by atoms with van der Waals surface area (Å²) in [7, 11) is 1.65. The average molecular weight is 346 g/mol. The second-order valence-electron chi connectivity index (χ2n) is 5.93. The first-order chi connectivity index (χ1) is 10.3. The Morgan fingerprint density at radius 1 is 1.27 bits per heavy atom. The number of piperazine rings is 1. The van der Waals surface area contributed by atoms with Gasteiger partial charge >= 0.3 is 0 Å². The molecule has 2 aliphatic rings. The molecule has 0 amide bonds. The summed E-state index contributed by atoms with van der Waals surface area (Å²) in [6.45, 7) is 7.94. The molecule has 1 aromatic rings. The van der Waals surface area contributed by atoms with E-state index in [1.54, 1.807) is 7.11 Å². The highest BCUT2D eigenvalue weighted by atomic mass is 35.5. The van der Waals surface area contributed by atoms with Crippen molar-refractivity contribution in [2.24, 2.45) is 0 Å². The molecule has 0 bridgehead atoms. The molecule has 2 fully saturated rings. The number of hydrogen-bond acceptors (Lipinski definition) is 4. The SMILES string of the molecule is COc1ccc(CN2CCN(C3CCNC3)CC2)cc1Cl.Cl. The Morgan fingerprint density at radius 3 is 2.64 bits per heavy atom. The van der Waals surface area contributed by atoms with Crippen LogP contribution in [0, 0.1) is 0 Å². The van der Waals surface area contributed by atoms with E-state index in [-0.39, 0.29) is 12.4 Å². The van der Waals surface area contributed by atoms with Crippen molar-refractivity contribution in [2.75, 3.05) is 46.4 Å². The van der Waals surface area contributed by atoms with E-state index < -0.39 is 0 Å². The molecule has 2 saturated heterocycles. The standard InChI is InChI=1S/C16H24ClN3O.ClH/c1-21-16-3-2-13(10-15(16)17)12-19-6-8-20(9-7-19)14-4-5-18-11-14;/h2-3,10,14,18H,4-9,11-12H2,1H3;1H. The van der Waals surface area contributed by atoms with Gasteiger partial charge in [-0.05, 0) is 30.7 Å². The fourth-order valence-corrected chi connectivity index (χ4v) is 3.58. The van der Waals surface area contributed by atoms with Crippen molar-refractivity contribution in [2.45, 2.75) is 19.0 Å². The van der Waals surface area contributed by atoms with Crippen molar-refractivity contribution in [1.82, 2.24) is 15.1 Å². The highest BCUT2D eigenvalue weighted by Crippen LogP contribution is 2.25. The Labute approximate surface area is 144 Å². The molecule has 0 aromatic heterocycles. The first-order valence-corrected chi connectivity index (χ1v) is 8.13. The first kappa shape index (κ1) is 17.8. The monoisotopic (exact) mass is 345 g/mol. The van der Waals surface area contributed by atoms with Gasteiger partial charge in [0.1, 0.15) is 5.75 Å². The number of nitrogens with one attached hydrogen (secondary N) is 1. The van der Waals surface area contributed by atoms with Crippen LogP contribution >= 0.6 is 24.0 Å². The largest absolute Gasteiger partial charge is 0.495 e. The zero-order valence-electron chi connectivity index (χ0n) is 13.1. The molecule has 1 aromatic carbocycles. The molecule has 0 saturated carbocycles. The van der Waals surface area contributed by atoms with Gasteiger partial charge in [0, 0.05) is 45.3 Å². The van der Waals surface area contributed by atoms with Gasteiger partial charge in [0.25, 0.3) is 0 Å². The van der Waals surface area contributed by atoms with Crippen molar-refractivity contribution < 1.29 is 4.74 Å². The minimum absolute atomic E-state index is 0. The Hall–Kier alpha value is -0.520. The van der Waals surface area contributed by atoms with Crippen molar-refractivity contribution in [3.63, 3.8) is 0 Å². The normalized spacial score (nSPS) is 23.3.